The summed E-state index contributed by atoms with van der Waals surface area (Å²) in [5, 5.41) is 3.65. The normalized spacial score (nSPS) is 12.4. The van der Waals surface area contributed by atoms with Crippen LogP contribution in [0.4, 0.5) is 17.1 Å². The Morgan fingerprint density at radius 1 is 0.426 bits per heavy atom. The first-order valence-electron chi connectivity index (χ1n) is 18.7. The van der Waals surface area contributed by atoms with Crippen LogP contribution in [-0.2, 0) is 6.42 Å². The van der Waals surface area contributed by atoms with Crippen molar-refractivity contribution in [1.82, 2.24) is 0 Å². The smallest absolute Gasteiger partial charge is 0.134 e. The van der Waals surface area contributed by atoms with Gasteiger partial charge < -0.3 is 9.32 Å². The summed E-state index contributed by atoms with van der Waals surface area (Å²) in [6, 6.07) is 70.0. The lowest BCUT2D eigenvalue weighted by atomic mass is 9.89. The number of aryl methyl sites for hydroxylation is 1. The van der Waals surface area contributed by atoms with Gasteiger partial charge in [-0.25, -0.2) is 0 Å². The molecular weight excluding hydrogens is 655 g/mol. The van der Waals surface area contributed by atoms with E-state index in [1.807, 2.05) is 0 Å². The highest BCUT2D eigenvalue weighted by Crippen LogP contribution is 2.46. The third kappa shape index (κ3) is 5.70. The van der Waals surface area contributed by atoms with Gasteiger partial charge in [0.05, 0.1) is 5.69 Å². The van der Waals surface area contributed by atoms with Crippen LogP contribution in [0.3, 0.4) is 0 Å². The number of para-hydroxylation sites is 1. The quantitative estimate of drug-likeness (QED) is 0.165. The summed E-state index contributed by atoms with van der Waals surface area (Å²) in [6.45, 7) is 0. The van der Waals surface area contributed by atoms with Crippen LogP contribution in [0.1, 0.15) is 23.3 Å². The van der Waals surface area contributed by atoms with Crippen molar-refractivity contribution >= 4 is 44.4 Å². The SMILES string of the molecule is C1=C(c2cccc(N(c3ccc(-c4ccccc4)cc3)c3cc(-c4cccc5ccccc45)ccc3-c3ccccc3)c2)c2c(oc3ccccc23)CC1. The molecule has 0 amide bonds. The van der Waals surface area contributed by atoms with E-state index in [4.69, 9.17) is 4.42 Å². The lowest BCUT2D eigenvalue weighted by Crippen LogP contribution is -2.12. The van der Waals surface area contributed by atoms with Crippen LogP contribution in [0.2, 0.25) is 0 Å². The molecule has 9 aromatic rings. The molecule has 10 rings (SSSR count). The number of fused-ring (bicyclic) bond motifs is 4. The monoisotopic (exact) mass is 691 g/mol. The van der Waals surface area contributed by atoms with Gasteiger partial charge in [0, 0.05) is 34.3 Å². The highest BCUT2D eigenvalue weighted by atomic mass is 16.3. The molecule has 0 radical (unpaired) electrons. The van der Waals surface area contributed by atoms with Crippen molar-refractivity contribution in [3.63, 3.8) is 0 Å². The van der Waals surface area contributed by atoms with Crippen LogP contribution < -0.4 is 4.90 Å². The molecule has 0 unspecified atom stereocenters. The summed E-state index contributed by atoms with van der Waals surface area (Å²) < 4.78 is 6.41. The molecule has 0 saturated heterocycles. The van der Waals surface area contributed by atoms with E-state index in [1.165, 1.54) is 60.7 Å². The molecule has 0 bridgehead atoms. The lowest BCUT2D eigenvalue weighted by molar-refractivity contribution is 0.545. The Bertz CT molecular complexity index is 2810. The molecule has 1 heterocycles. The maximum absolute atomic E-state index is 6.41. The molecule has 0 spiro atoms. The Hall–Kier alpha value is -6.90. The Kier molecular flexibility index (Phi) is 8.00. The van der Waals surface area contributed by atoms with Gasteiger partial charge in [-0.2, -0.15) is 0 Å². The second-order valence-corrected chi connectivity index (χ2v) is 14.0. The van der Waals surface area contributed by atoms with Crippen molar-refractivity contribution in [3.8, 4) is 33.4 Å². The molecule has 0 atom stereocenters. The molecule has 0 saturated carbocycles. The van der Waals surface area contributed by atoms with E-state index in [2.05, 4.69) is 205 Å². The third-order valence-corrected chi connectivity index (χ3v) is 10.7. The van der Waals surface area contributed by atoms with Crippen LogP contribution in [0.25, 0.3) is 60.7 Å². The Labute approximate surface area is 315 Å². The van der Waals surface area contributed by atoms with E-state index in [9.17, 15) is 0 Å². The molecule has 2 heteroatoms. The molecule has 0 fully saturated rings. The van der Waals surface area contributed by atoms with E-state index in [1.54, 1.807) is 0 Å². The van der Waals surface area contributed by atoms with Crippen LogP contribution in [-0.4, -0.2) is 0 Å². The number of benzene rings is 8. The van der Waals surface area contributed by atoms with E-state index in [-0.39, 0.29) is 0 Å². The molecule has 8 aromatic carbocycles. The minimum atomic E-state index is 0.911. The van der Waals surface area contributed by atoms with Crippen molar-refractivity contribution in [2.45, 2.75) is 12.8 Å². The van der Waals surface area contributed by atoms with Gasteiger partial charge in [0.15, 0.2) is 0 Å². The summed E-state index contributed by atoms with van der Waals surface area (Å²) in [5.74, 6) is 1.07. The summed E-state index contributed by atoms with van der Waals surface area (Å²) in [7, 11) is 0. The summed E-state index contributed by atoms with van der Waals surface area (Å²) in [4.78, 5) is 2.44. The fraction of sp³-hybridized carbons (Fsp3) is 0.0385. The first-order valence-corrected chi connectivity index (χ1v) is 18.7. The average Bonchev–Trinajstić information content (AvgIpc) is 3.64. The number of allylic oxidation sites excluding steroid dienone is 1. The molecule has 1 aromatic heterocycles. The molecule has 0 N–H and O–H groups in total. The van der Waals surface area contributed by atoms with Crippen molar-refractivity contribution < 1.29 is 4.42 Å². The molecule has 54 heavy (non-hydrogen) atoms. The van der Waals surface area contributed by atoms with E-state index >= 15 is 0 Å². The van der Waals surface area contributed by atoms with Gasteiger partial charge in [0.25, 0.3) is 0 Å². The molecule has 2 nitrogen and oxygen atoms in total. The van der Waals surface area contributed by atoms with Gasteiger partial charge in [-0.15, -0.1) is 0 Å². The molecule has 1 aliphatic rings. The van der Waals surface area contributed by atoms with Gasteiger partial charge in [-0.1, -0.05) is 164 Å². The Morgan fingerprint density at radius 2 is 1.07 bits per heavy atom. The Morgan fingerprint density at radius 3 is 1.91 bits per heavy atom. The number of rotatable bonds is 7. The van der Waals surface area contributed by atoms with Gasteiger partial charge in [0.1, 0.15) is 11.3 Å². The Balaban J connectivity index is 1.19. The summed E-state index contributed by atoms with van der Waals surface area (Å²) in [5.41, 5.74) is 15.0. The van der Waals surface area contributed by atoms with Crippen molar-refractivity contribution in [1.29, 1.82) is 0 Å². The first-order chi connectivity index (χ1) is 26.8. The van der Waals surface area contributed by atoms with Crippen molar-refractivity contribution in [3.05, 3.63) is 217 Å². The lowest BCUT2D eigenvalue weighted by Gasteiger charge is -2.29. The van der Waals surface area contributed by atoms with Gasteiger partial charge in [-0.05, 0) is 92.5 Å². The van der Waals surface area contributed by atoms with Crippen LogP contribution >= 0.6 is 0 Å². The molecule has 1 aliphatic carbocycles. The van der Waals surface area contributed by atoms with Gasteiger partial charge >= 0.3 is 0 Å². The highest BCUT2D eigenvalue weighted by molar-refractivity contribution is 6.01. The minimum absolute atomic E-state index is 0.911. The largest absolute Gasteiger partial charge is 0.460 e. The molecule has 256 valence electrons. The highest BCUT2D eigenvalue weighted by Gasteiger charge is 2.24. The maximum Gasteiger partial charge on any atom is 0.134 e. The number of hydrogen-bond acceptors (Lipinski definition) is 2. The number of furan rings is 1. The zero-order chi connectivity index (χ0) is 35.8. The van der Waals surface area contributed by atoms with Gasteiger partial charge in [0.2, 0.25) is 0 Å². The molecular formula is C52H37NO. The fourth-order valence-corrected chi connectivity index (χ4v) is 8.18. The number of hydrogen-bond donors (Lipinski definition) is 0. The van der Waals surface area contributed by atoms with Crippen LogP contribution in [0, 0.1) is 0 Å². The second-order valence-electron chi connectivity index (χ2n) is 14.0. The zero-order valence-electron chi connectivity index (χ0n) is 29.8. The number of anilines is 3. The fourth-order valence-electron chi connectivity index (χ4n) is 8.18. The summed E-state index contributed by atoms with van der Waals surface area (Å²) >= 11 is 0. The first kappa shape index (κ1) is 31.8. The van der Waals surface area contributed by atoms with Crippen molar-refractivity contribution in [2.75, 3.05) is 4.90 Å². The maximum atomic E-state index is 6.41. The van der Waals surface area contributed by atoms with Crippen LogP contribution in [0.5, 0.6) is 0 Å². The standard InChI is InChI=1S/C52H37NO/c1-3-14-36(15-4-1)37-28-31-42(32-29-37)53(43-21-11-20-40(34-43)47-25-13-27-51-52(47)48-23-9-10-26-50(48)54-51)49-35-41(30-33-46(49)39-16-5-2-6-17-39)45-24-12-19-38-18-7-8-22-44(38)45/h1-12,14-26,28-35H,13,27H2. The minimum Gasteiger partial charge on any atom is -0.460 e. The third-order valence-electron chi connectivity index (χ3n) is 10.7. The van der Waals surface area contributed by atoms with E-state index in [0.717, 1.165) is 46.8 Å². The summed E-state index contributed by atoms with van der Waals surface area (Å²) in [6.07, 6.45) is 4.25. The number of nitrogens with zero attached hydrogens (tertiary/aromatic N) is 1. The van der Waals surface area contributed by atoms with Gasteiger partial charge in [-0.3, -0.25) is 0 Å². The van der Waals surface area contributed by atoms with Crippen molar-refractivity contribution in [2.24, 2.45) is 0 Å². The topological polar surface area (TPSA) is 16.4 Å². The second kappa shape index (κ2) is 13.6. The predicted molar refractivity (Wildman–Crippen MR) is 227 cm³/mol. The van der Waals surface area contributed by atoms with E-state index in [0.29, 0.717) is 0 Å². The molecule has 0 aliphatic heterocycles. The average molecular weight is 692 g/mol. The zero-order valence-corrected chi connectivity index (χ0v) is 29.8. The van der Waals surface area contributed by atoms with E-state index < -0.39 is 0 Å². The van der Waals surface area contributed by atoms with Crippen LogP contribution in [0.15, 0.2) is 205 Å². The predicted octanol–water partition coefficient (Wildman–Crippen LogP) is 14.4.